The van der Waals surface area contributed by atoms with Gasteiger partial charge in [-0.3, -0.25) is 4.79 Å². The minimum Gasteiger partial charge on any atom is -0.367 e. The van der Waals surface area contributed by atoms with Crippen LogP contribution in [0.4, 0.5) is 5.69 Å². The van der Waals surface area contributed by atoms with Crippen LogP contribution < -0.4 is 10.5 Å². The van der Waals surface area contributed by atoms with Crippen LogP contribution in [0.25, 0.3) is 22.0 Å². The van der Waals surface area contributed by atoms with E-state index in [-0.39, 0.29) is 5.56 Å². The molecule has 1 N–H and O–H groups in total. The highest BCUT2D eigenvalue weighted by Gasteiger charge is 2.18. The van der Waals surface area contributed by atoms with Crippen molar-refractivity contribution >= 4 is 16.6 Å². The van der Waals surface area contributed by atoms with E-state index in [1.807, 2.05) is 31.2 Å². The van der Waals surface area contributed by atoms with Crippen LogP contribution in [0.1, 0.15) is 19.4 Å². The minimum absolute atomic E-state index is 0.0225. The van der Waals surface area contributed by atoms with Gasteiger partial charge in [-0.15, -0.1) is 0 Å². The molecular weight excluding hydrogens is 284 g/mol. The maximum Gasteiger partial charge on any atom is 0.272 e. The first-order chi connectivity index (χ1) is 11.2. The zero-order valence-corrected chi connectivity index (χ0v) is 13.9. The number of rotatable bonds is 4. The summed E-state index contributed by atoms with van der Waals surface area (Å²) in [6.45, 7) is 7.81. The van der Waals surface area contributed by atoms with Gasteiger partial charge in [-0.05, 0) is 38.0 Å². The Morgan fingerprint density at radius 3 is 2.35 bits per heavy atom. The van der Waals surface area contributed by atoms with Crippen molar-refractivity contribution < 1.29 is 0 Å². The fourth-order valence-electron chi connectivity index (χ4n) is 3.14. The highest BCUT2D eigenvalue weighted by atomic mass is 16.1. The summed E-state index contributed by atoms with van der Waals surface area (Å²) in [6, 6.07) is 16.4. The molecular formula is C20H22N2O. The van der Waals surface area contributed by atoms with Crippen molar-refractivity contribution in [2.24, 2.45) is 0 Å². The monoisotopic (exact) mass is 306 g/mol. The molecule has 3 rings (SSSR count). The Bertz CT molecular complexity index is 877. The first kappa shape index (κ1) is 15.3. The molecule has 23 heavy (non-hydrogen) atoms. The highest BCUT2D eigenvalue weighted by molar-refractivity contribution is 6.01. The first-order valence-electron chi connectivity index (χ1n) is 8.12. The lowest BCUT2D eigenvalue weighted by atomic mass is 9.98. The molecule has 0 aliphatic heterocycles. The third-order valence-electron chi connectivity index (χ3n) is 4.29. The Kier molecular flexibility index (Phi) is 4.20. The zero-order valence-electron chi connectivity index (χ0n) is 13.9. The van der Waals surface area contributed by atoms with E-state index in [1.165, 1.54) is 0 Å². The molecule has 0 aliphatic carbocycles. The molecule has 0 spiro atoms. The molecule has 0 fully saturated rings. The number of nitrogens with zero attached hydrogens (tertiary/aromatic N) is 1. The molecule has 2 aromatic carbocycles. The Labute approximate surface area is 136 Å². The van der Waals surface area contributed by atoms with E-state index in [1.54, 1.807) is 0 Å². The van der Waals surface area contributed by atoms with Crippen LogP contribution in [0.2, 0.25) is 0 Å². The third kappa shape index (κ3) is 2.74. The summed E-state index contributed by atoms with van der Waals surface area (Å²) in [4.78, 5) is 18.0. The van der Waals surface area contributed by atoms with Crippen LogP contribution >= 0.6 is 0 Å². The summed E-state index contributed by atoms with van der Waals surface area (Å²) in [6.07, 6.45) is 0. The average Bonchev–Trinajstić information content (AvgIpc) is 2.57. The second kappa shape index (κ2) is 6.29. The van der Waals surface area contributed by atoms with Crippen molar-refractivity contribution in [3.63, 3.8) is 0 Å². The van der Waals surface area contributed by atoms with Crippen molar-refractivity contribution in [2.75, 3.05) is 18.0 Å². The molecule has 1 aromatic heterocycles. The van der Waals surface area contributed by atoms with Gasteiger partial charge in [-0.2, -0.15) is 0 Å². The summed E-state index contributed by atoms with van der Waals surface area (Å²) >= 11 is 0. The summed E-state index contributed by atoms with van der Waals surface area (Å²) in [7, 11) is 0. The number of pyridine rings is 1. The van der Waals surface area contributed by atoms with Gasteiger partial charge in [0, 0.05) is 29.6 Å². The molecule has 1 heterocycles. The van der Waals surface area contributed by atoms with E-state index in [4.69, 9.17) is 0 Å². The molecule has 3 nitrogen and oxygen atoms in total. The van der Waals surface area contributed by atoms with E-state index in [2.05, 4.69) is 48.0 Å². The molecule has 0 saturated heterocycles. The maximum absolute atomic E-state index is 12.8. The SMILES string of the molecule is CCN(CC)c1c(-c2ccccc2)c2ccc(C)cc2[nH]c1=O. The van der Waals surface area contributed by atoms with Gasteiger partial charge < -0.3 is 9.88 Å². The van der Waals surface area contributed by atoms with Crippen LogP contribution in [0.3, 0.4) is 0 Å². The van der Waals surface area contributed by atoms with E-state index in [0.29, 0.717) is 0 Å². The predicted octanol–water partition coefficient (Wildman–Crippen LogP) is 4.35. The first-order valence-corrected chi connectivity index (χ1v) is 8.12. The number of nitrogens with one attached hydrogen (secondary N) is 1. The van der Waals surface area contributed by atoms with E-state index in [9.17, 15) is 4.79 Å². The highest BCUT2D eigenvalue weighted by Crippen LogP contribution is 2.34. The van der Waals surface area contributed by atoms with E-state index >= 15 is 0 Å². The van der Waals surface area contributed by atoms with Crippen molar-refractivity contribution in [2.45, 2.75) is 20.8 Å². The van der Waals surface area contributed by atoms with Gasteiger partial charge in [0.15, 0.2) is 0 Å². The van der Waals surface area contributed by atoms with Gasteiger partial charge >= 0.3 is 0 Å². The molecule has 0 atom stereocenters. The Morgan fingerprint density at radius 2 is 1.70 bits per heavy atom. The lowest BCUT2D eigenvalue weighted by Gasteiger charge is -2.24. The fourth-order valence-corrected chi connectivity index (χ4v) is 3.14. The van der Waals surface area contributed by atoms with Crippen molar-refractivity contribution in [1.82, 2.24) is 4.98 Å². The number of hydrogen-bond acceptors (Lipinski definition) is 2. The van der Waals surface area contributed by atoms with Crippen LogP contribution in [-0.4, -0.2) is 18.1 Å². The molecule has 0 radical (unpaired) electrons. The number of aryl methyl sites for hydroxylation is 1. The predicted molar refractivity (Wildman–Crippen MR) is 98.3 cm³/mol. The Balaban J connectivity index is 2.44. The van der Waals surface area contributed by atoms with Crippen molar-refractivity contribution in [3.8, 4) is 11.1 Å². The average molecular weight is 306 g/mol. The van der Waals surface area contributed by atoms with Crippen molar-refractivity contribution in [1.29, 1.82) is 0 Å². The van der Waals surface area contributed by atoms with E-state index in [0.717, 1.165) is 46.4 Å². The smallest absolute Gasteiger partial charge is 0.272 e. The standard InChI is InChI=1S/C20H22N2O/c1-4-22(5-2)19-18(15-9-7-6-8-10-15)16-12-11-14(3)13-17(16)21-20(19)23/h6-13H,4-5H2,1-3H3,(H,21,23). The molecule has 3 heteroatoms. The van der Waals surface area contributed by atoms with Crippen molar-refractivity contribution in [3.05, 3.63) is 64.4 Å². The summed E-state index contributed by atoms with van der Waals surface area (Å²) in [5.74, 6) is 0. The summed E-state index contributed by atoms with van der Waals surface area (Å²) < 4.78 is 0. The topological polar surface area (TPSA) is 36.1 Å². The van der Waals surface area contributed by atoms with Gasteiger partial charge in [0.25, 0.3) is 5.56 Å². The molecule has 0 aliphatic rings. The zero-order chi connectivity index (χ0) is 16.4. The van der Waals surface area contributed by atoms with Gasteiger partial charge in [0.2, 0.25) is 0 Å². The summed E-state index contributed by atoms with van der Waals surface area (Å²) in [5.41, 5.74) is 4.87. The molecule has 0 unspecified atom stereocenters. The van der Waals surface area contributed by atoms with Crippen LogP contribution in [-0.2, 0) is 0 Å². The molecule has 0 bridgehead atoms. The number of hydrogen-bond donors (Lipinski definition) is 1. The number of benzene rings is 2. The summed E-state index contributed by atoms with van der Waals surface area (Å²) in [5, 5.41) is 1.09. The largest absolute Gasteiger partial charge is 0.367 e. The lowest BCUT2D eigenvalue weighted by molar-refractivity contribution is 0.859. The third-order valence-corrected chi connectivity index (χ3v) is 4.29. The number of H-pyrrole nitrogens is 1. The molecule has 0 amide bonds. The second-order valence-corrected chi connectivity index (χ2v) is 5.77. The van der Waals surface area contributed by atoms with Crippen LogP contribution in [0.15, 0.2) is 53.3 Å². The fraction of sp³-hybridized carbons (Fsp3) is 0.250. The lowest BCUT2D eigenvalue weighted by Crippen LogP contribution is -2.29. The van der Waals surface area contributed by atoms with Gasteiger partial charge in [-0.1, -0.05) is 42.5 Å². The maximum atomic E-state index is 12.8. The normalized spacial score (nSPS) is 10.9. The Hall–Kier alpha value is -2.55. The molecule has 0 saturated carbocycles. The molecule has 118 valence electrons. The van der Waals surface area contributed by atoms with Crippen LogP contribution in [0, 0.1) is 6.92 Å². The van der Waals surface area contributed by atoms with Crippen LogP contribution in [0.5, 0.6) is 0 Å². The van der Waals surface area contributed by atoms with Gasteiger partial charge in [0.1, 0.15) is 5.69 Å². The van der Waals surface area contributed by atoms with E-state index < -0.39 is 0 Å². The number of fused-ring (bicyclic) bond motifs is 1. The minimum atomic E-state index is -0.0225. The Morgan fingerprint density at radius 1 is 1.00 bits per heavy atom. The van der Waals surface area contributed by atoms with Gasteiger partial charge in [0.05, 0.1) is 0 Å². The number of aromatic amines is 1. The van der Waals surface area contributed by atoms with Gasteiger partial charge in [-0.25, -0.2) is 0 Å². The number of aromatic nitrogens is 1. The number of anilines is 1. The second-order valence-electron chi connectivity index (χ2n) is 5.77. The quantitative estimate of drug-likeness (QED) is 0.778. The molecule has 3 aromatic rings.